The quantitative estimate of drug-likeness (QED) is 0.825. The Kier molecular flexibility index (Phi) is 5.56. The summed E-state index contributed by atoms with van der Waals surface area (Å²) in [7, 11) is 3.96. The van der Waals surface area contributed by atoms with Crippen molar-refractivity contribution in [2.45, 2.75) is 25.4 Å². The first kappa shape index (κ1) is 15.5. The molecule has 0 aromatic carbocycles. The minimum Gasteiger partial charge on any atom is -0.379 e. The van der Waals surface area contributed by atoms with Gasteiger partial charge in [0.05, 0.1) is 18.4 Å². The number of halogens is 1. The van der Waals surface area contributed by atoms with Crippen LogP contribution in [0.2, 0.25) is 0 Å². The van der Waals surface area contributed by atoms with Gasteiger partial charge < -0.3 is 15.5 Å². The van der Waals surface area contributed by atoms with Crippen molar-refractivity contribution in [1.82, 2.24) is 20.0 Å². The van der Waals surface area contributed by atoms with Gasteiger partial charge in [0.25, 0.3) is 5.56 Å². The maximum absolute atomic E-state index is 12.2. The summed E-state index contributed by atoms with van der Waals surface area (Å²) in [5.74, 6) is 0. The second kappa shape index (κ2) is 7.19. The van der Waals surface area contributed by atoms with Crippen molar-refractivity contribution >= 4 is 21.6 Å². The van der Waals surface area contributed by atoms with Crippen LogP contribution in [-0.2, 0) is 6.54 Å². The highest BCUT2D eigenvalue weighted by molar-refractivity contribution is 9.10. The van der Waals surface area contributed by atoms with Crippen LogP contribution in [0.3, 0.4) is 0 Å². The molecule has 1 aromatic heterocycles. The molecule has 1 aliphatic heterocycles. The number of piperidine rings is 1. The van der Waals surface area contributed by atoms with E-state index in [1.807, 2.05) is 19.0 Å². The second-order valence-electron chi connectivity index (χ2n) is 5.39. The molecule has 1 aliphatic rings. The van der Waals surface area contributed by atoms with Gasteiger partial charge in [-0.1, -0.05) is 0 Å². The summed E-state index contributed by atoms with van der Waals surface area (Å²) in [6, 6.07) is 0.360. The topological polar surface area (TPSA) is 62.2 Å². The van der Waals surface area contributed by atoms with Gasteiger partial charge in [0.1, 0.15) is 4.47 Å². The number of nitrogens with one attached hydrogen (secondary N) is 2. The van der Waals surface area contributed by atoms with E-state index in [9.17, 15) is 4.79 Å². The molecule has 2 N–H and O–H groups in total. The molecule has 1 fully saturated rings. The fourth-order valence-corrected chi connectivity index (χ4v) is 2.64. The number of likely N-dealkylation sites (N-methyl/N-ethyl adjacent to an activating group) is 1. The number of anilines is 1. The van der Waals surface area contributed by atoms with Crippen LogP contribution in [0.5, 0.6) is 0 Å². The zero-order valence-electron chi connectivity index (χ0n) is 12.0. The fourth-order valence-electron chi connectivity index (χ4n) is 2.21. The van der Waals surface area contributed by atoms with E-state index in [1.165, 1.54) is 4.68 Å². The Balaban J connectivity index is 2.07. The maximum Gasteiger partial charge on any atom is 0.283 e. The van der Waals surface area contributed by atoms with Crippen LogP contribution in [0.15, 0.2) is 15.5 Å². The third-order valence-electron chi connectivity index (χ3n) is 3.40. The lowest BCUT2D eigenvalue weighted by atomic mass is 10.1. The van der Waals surface area contributed by atoms with E-state index in [0.29, 0.717) is 17.1 Å². The monoisotopic (exact) mass is 343 g/mol. The van der Waals surface area contributed by atoms with Crippen LogP contribution in [-0.4, -0.2) is 54.5 Å². The van der Waals surface area contributed by atoms with Crippen LogP contribution >= 0.6 is 15.9 Å². The summed E-state index contributed by atoms with van der Waals surface area (Å²) in [4.78, 5) is 14.3. The van der Waals surface area contributed by atoms with E-state index in [4.69, 9.17) is 0 Å². The first-order valence-electron chi connectivity index (χ1n) is 6.95. The van der Waals surface area contributed by atoms with Crippen LogP contribution in [0.1, 0.15) is 12.8 Å². The van der Waals surface area contributed by atoms with Crippen molar-refractivity contribution in [3.05, 3.63) is 21.0 Å². The average Bonchev–Trinajstić information content (AvgIpc) is 2.44. The number of rotatable bonds is 5. The van der Waals surface area contributed by atoms with Crippen molar-refractivity contribution in [1.29, 1.82) is 0 Å². The van der Waals surface area contributed by atoms with E-state index >= 15 is 0 Å². The number of aromatic nitrogens is 2. The van der Waals surface area contributed by atoms with Gasteiger partial charge in [-0.2, -0.15) is 5.10 Å². The zero-order chi connectivity index (χ0) is 14.5. The molecule has 2 heterocycles. The van der Waals surface area contributed by atoms with Gasteiger partial charge in [-0.15, -0.1) is 0 Å². The molecule has 0 amide bonds. The Hall–Kier alpha value is -0.920. The first-order valence-corrected chi connectivity index (χ1v) is 7.75. The summed E-state index contributed by atoms with van der Waals surface area (Å²) in [6.45, 7) is 3.38. The summed E-state index contributed by atoms with van der Waals surface area (Å²) >= 11 is 3.40. The lowest BCUT2D eigenvalue weighted by molar-refractivity contribution is 0.367. The zero-order valence-corrected chi connectivity index (χ0v) is 13.6. The smallest absolute Gasteiger partial charge is 0.283 e. The number of nitrogens with zero attached hydrogens (tertiary/aromatic N) is 3. The van der Waals surface area contributed by atoms with Crippen molar-refractivity contribution in [3.63, 3.8) is 0 Å². The molecule has 112 valence electrons. The Morgan fingerprint density at radius 1 is 1.60 bits per heavy atom. The van der Waals surface area contributed by atoms with Crippen LogP contribution in [0.25, 0.3) is 0 Å². The van der Waals surface area contributed by atoms with Crippen molar-refractivity contribution in [2.75, 3.05) is 39.0 Å². The van der Waals surface area contributed by atoms with Gasteiger partial charge in [-0.25, -0.2) is 4.68 Å². The Bertz CT molecular complexity index is 496. The summed E-state index contributed by atoms with van der Waals surface area (Å²) in [5, 5.41) is 11.0. The molecule has 0 spiro atoms. The Morgan fingerprint density at radius 2 is 2.40 bits per heavy atom. The molecular weight excluding hydrogens is 322 g/mol. The van der Waals surface area contributed by atoms with Crippen molar-refractivity contribution < 1.29 is 0 Å². The predicted molar refractivity (Wildman–Crippen MR) is 84.3 cm³/mol. The molecule has 1 unspecified atom stereocenters. The lowest BCUT2D eigenvalue weighted by Crippen LogP contribution is -2.39. The first-order chi connectivity index (χ1) is 9.58. The van der Waals surface area contributed by atoms with E-state index in [0.717, 1.165) is 38.2 Å². The van der Waals surface area contributed by atoms with E-state index in [-0.39, 0.29) is 5.56 Å². The molecular formula is C13H22BrN5O. The molecule has 2 rings (SSSR count). The lowest BCUT2D eigenvalue weighted by Gasteiger charge is -2.25. The average molecular weight is 344 g/mol. The van der Waals surface area contributed by atoms with Gasteiger partial charge in [-0.05, 0) is 49.4 Å². The Labute approximate surface area is 127 Å². The van der Waals surface area contributed by atoms with Gasteiger partial charge in [0, 0.05) is 19.1 Å². The van der Waals surface area contributed by atoms with Gasteiger partial charge >= 0.3 is 0 Å². The standard InChI is InChI=1S/C13H22BrN5O/c1-18(2)6-7-19-13(20)12(14)11(9-16-19)17-10-4-3-5-15-8-10/h9-10,15,17H,3-8H2,1-2H3. The number of hydrogen-bond acceptors (Lipinski definition) is 5. The molecule has 0 aliphatic carbocycles. The third kappa shape index (κ3) is 4.04. The summed E-state index contributed by atoms with van der Waals surface area (Å²) in [5.41, 5.74) is 0.699. The maximum atomic E-state index is 12.2. The second-order valence-corrected chi connectivity index (χ2v) is 6.18. The SMILES string of the molecule is CN(C)CCn1ncc(NC2CCCNC2)c(Br)c1=O. The molecule has 7 heteroatoms. The third-order valence-corrected chi connectivity index (χ3v) is 4.17. The highest BCUT2D eigenvalue weighted by atomic mass is 79.9. The molecule has 0 bridgehead atoms. The van der Waals surface area contributed by atoms with E-state index in [2.05, 4.69) is 31.7 Å². The largest absolute Gasteiger partial charge is 0.379 e. The van der Waals surface area contributed by atoms with Crippen molar-refractivity contribution in [2.24, 2.45) is 0 Å². The van der Waals surface area contributed by atoms with Crippen LogP contribution in [0.4, 0.5) is 5.69 Å². The van der Waals surface area contributed by atoms with Crippen LogP contribution in [0, 0.1) is 0 Å². The van der Waals surface area contributed by atoms with Gasteiger partial charge in [0.15, 0.2) is 0 Å². The normalized spacial score (nSPS) is 19.3. The van der Waals surface area contributed by atoms with Crippen LogP contribution < -0.4 is 16.2 Å². The molecule has 0 radical (unpaired) electrons. The minimum absolute atomic E-state index is 0.0828. The number of hydrogen-bond donors (Lipinski definition) is 2. The molecule has 1 atom stereocenters. The summed E-state index contributed by atoms with van der Waals surface area (Å²) in [6.07, 6.45) is 4.00. The predicted octanol–water partition coefficient (Wildman–Crippen LogP) is 0.731. The molecule has 1 saturated heterocycles. The minimum atomic E-state index is -0.0828. The molecule has 0 saturated carbocycles. The van der Waals surface area contributed by atoms with E-state index < -0.39 is 0 Å². The Morgan fingerprint density at radius 3 is 3.05 bits per heavy atom. The van der Waals surface area contributed by atoms with Crippen molar-refractivity contribution in [3.8, 4) is 0 Å². The highest BCUT2D eigenvalue weighted by Crippen LogP contribution is 2.18. The molecule has 1 aromatic rings. The van der Waals surface area contributed by atoms with Gasteiger partial charge in [0.2, 0.25) is 0 Å². The van der Waals surface area contributed by atoms with Gasteiger partial charge in [-0.3, -0.25) is 4.79 Å². The highest BCUT2D eigenvalue weighted by Gasteiger charge is 2.16. The molecule has 6 nitrogen and oxygen atoms in total. The fraction of sp³-hybridized carbons (Fsp3) is 0.692. The summed E-state index contributed by atoms with van der Waals surface area (Å²) < 4.78 is 2.06. The van der Waals surface area contributed by atoms with E-state index in [1.54, 1.807) is 6.20 Å². The molecule has 20 heavy (non-hydrogen) atoms.